The maximum atomic E-state index is 13.2. The zero-order chi connectivity index (χ0) is 20.8. The van der Waals surface area contributed by atoms with Crippen molar-refractivity contribution in [3.8, 4) is 11.1 Å². The quantitative estimate of drug-likeness (QED) is 0.522. The molecule has 152 valence electrons. The van der Waals surface area contributed by atoms with Crippen molar-refractivity contribution in [1.29, 1.82) is 0 Å². The lowest BCUT2D eigenvalue weighted by Gasteiger charge is -2.16. The molecule has 0 spiro atoms. The summed E-state index contributed by atoms with van der Waals surface area (Å²) < 4.78 is 6.26. The second-order valence-corrected chi connectivity index (χ2v) is 8.32. The standard InChI is InChI=1S/C22H18N2O5S/c25-20-18-16(14-6-5-12-3-1-2-4-13(12)9-14)11-30-19(18)23-22(28)24(20)10-15-7-8-17(29-15)21(26)27/h5-9,11H,1-4,10H2,(H,23,28)(H,26,27). The summed E-state index contributed by atoms with van der Waals surface area (Å²) in [6.45, 7) is -0.142. The molecule has 0 atom stereocenters. The lowest BCUT2D eigenvalue weighted by atomic mass is 9.89. The molecule has 4 aromatic rings. The van der Waals surface area contributed by atoms with Crippen molar-refractivity contribution in [2.45, 2.75) is 32.2 Å². The zero-order valence-electron chi connectivity index (χ0n) is 15.9. The number of aryl methyl sites for hydroxylation is 2. The van der Waals surface area contributed by atoms with Crippen molar-refractivity contribution in [1.82, 2.24) is 9.55 Å². The van der Waals surface area contributed by atoms with Crippen LogP contribution in [-0.2, 0) is 19.4 Å². The fraction of sp³-hybridized carbons (Fsp3) is 0.227. The molecule has 2 N–H and O–H groups in total. The maximum Gasteiger partial charge on any atom is 0.371 e. The van der Waals surface area contributed by atoms with Gasteiger partial charge in [0.05, 0.1) is 11.9 Å². The van der Waals surface area contributed by atoms with Gasteiger partial charge in [0, 0.05) is 10.9 Å². The summed E-state index contributed by atoms with van der Waals surface area (Å²) in [5, 5.41) is 11.4. The Hall–Kier alpha value is -3.39. The molecule has 0 radical (unpaired) electrons. The SMILES string of the molecule is O=C(O)c1ccc(Cn2c(=O)[nH]c3scc(-c4ccc5c(c4)CCCC5)c3c2=O)o1. The number of carboxylic acids is 1. The first-order valence-corrected chi connectivity index (χ1v) is 10.6. The lowest BCUT2D eigenvalue weighted by Crippen LogP contribution is -2.35. The van der Waals surface area contributed by atoms with Gasteiger partial charge in [0.15, 0.2) is 0 Å². The Kier molecular flexibility index (Phi) is 4.43. The molecule has 0 bridgehead atoms. The van der Waals surface area contributed by atoms with Crippen molar-refractivity contribution < 1.29 is 14.3 Å². The topological polar surface area (TPSA) is 105 Å². The van der Waals surface area contributed by atoms with Gasteiger partial charge in [0.25, 0.3) is 5.56 Å². The number of nitrogens with zero attached hydrogens (tertiary/aromatic N) is 1. The van der Waals surface area contributed by atoms with Gasteiger partial charge >= 0.3 is 11.7 Å². The molecule has 0 saturated heterocycles. The Bertz CT molecular complexity index is 1410. The highest BCUT2D eigenvalue weighted by Gasteiger charge is 2.18. The van der Waals surface area contributed by atoms with Gasteiger partial charge in [-0.25, -0.2) is 9.59 Å². The molecule has 7 nitrogen and oxygen atoms in total. The number of thiophene rings is 1. The summed E-state index contributed by atoms with van der Waals surface area (Å²) in [4.78, 5) is 40.0. The second-order valence-electron chi connectivity index (χ2n) is 7.44. The van der Waals surface area contributed by atoms with E-state index >= 15 is 0 Å². The van der Waals surface area contributed by atoms with Crippen LogP contribution in [-0.4, -0.2) is 20.6 Å². The first kappa shape index (κ1) is 18.6. The molecule has 3 aromatic heterocycles. The van der Waals surface area contributed by atoms with Gasteiger partial charge in [0.1, 0.15) is 10.6 Å². The molecular formula is C22H18N2O5S. The predicted octanol–water partition coefficient (Wildman–Crippen LogP) is 3.64. The number of fused-ring (bicyclic) bond motifs is 2. The van der Waals surface area contributed by atoms with Crippen LogP contribution < -0.4 is 11.2 Å². The Morgan fingerprint density at radius 3 is 2.70 bits per heavy atom. The molecule has 1 aromatic carbocycles. The minimum atomic E-state index is -1.20. The fourth-order valence-corrected chi connectivity index (χ4v) is 5.00. The van der Waals surface area contributed by atoms with Crippen molar-refractivity contribution >= 4 is 27.5 Å². The number of benzene rings is 1. The maximum absolute atomic E-state index is 13.2. The molecule has 8 heteroatoms. The van der Waals surface area contributed by atoms with E-state index in [0.717, 1.165) is 28.5 Å². The first-order chi connectivity index (χ1) is 14.5. The van der Waals surface area contributed by atoms with Crippen LogP contribution in [0.5, 0.6) is 0 Å². The summed E-state index contributed by atoms with van der Waals surface area (Å²) >= 11 is 1.33. The van der Waals surface area contributed by atoms with Gasteiger partial charge in [-0.3, -0.25) is 14.3 Å². The summed E-state index contributed by atoms with van der Waals surface area (Å²) in [5.74, 6) is -1.21. The van der Waals surface area contributed by atoms with E-state index in [4.69, 9.17) is 9.52 Å². The van der Waals surface area contributed by atoms with Crippen LogP contribution in [0.15, 0.2) is 49.7 Å². The number of aromatic nitrogens is 2. The number of carbonyl (C=O) groups is 1. The smallest absolute Gasteiger partial charge is 0.371 e. The van der Waals surface area contributed by atoms with Crippen LogP contribution in [0.2, 0.25) is 0 Å². The van der Waals surface area contributed by atoms with E-state index in [-0.39, 0.29) is 18.1 Å². The van der Waals surface area contributed by atoms with Crippen LogP contribution in [0.4, 0.5) is 0 Å². The van der Waals surface area contributed by atoms with E-state index in [1.165, 1.54) is 47.4 Å². The number of hydrogen-bond donors (Lipinski definition) is 2. The zero-order valence-corrected chi connectivity index (χ0v) is 16.8. The van der Waals surface area contributed by atoms with Crippen LogP contribution >= 0.6 is 11.3 Å². The number of carboxylic acid groups (broad SMARTS) is 1. The van der Waals surface area contributed by atoms with Crippen molar-refractivity contribution in [2.75, 3.05) is 0 Å². The van der Waals surface area contributed by atoms with E-state index in [2.05, 4.69) is 17.1 Å². The van der Waals surface area contributed by atoms with Crippen LogP contribution in [0.3, 0.4) is 0 Å². The summed E-state index contributed by atoms with van der Waals surface area (Å²) in [6, 6.07) is 9.08. The summed E-state index contributed by atoms with van der Waals surface area (Å²) in [6.07, 6.45) is 4.50. The molecule has 0 amide bonds. The Morgan fingerprint density at radius 2 is 1.93 bits per heavy atom. The Labute approximate surface area is 174 Å². The van der Waals surface area contributed by atoms with E-state index in [9.17, 15) is 14.4 Å². The van der Waals surface area contributed by atoms with Crippen LogP contribution in [0.1, 0.15) is 40.3 Å². The van der Waals surface area contributed by atoms with Crippen molar-refractivity contribution in [3.05, 3.63) is 79.2 Å². The number of furan rings is 1. The van der Waals surface area contributed by atoms with Gasteiger partial charge in [-0.1, -0.05) is 18.2 Å². The van der Waals surface area contributed by atoms with E-state index in [1.54, 1.807) is 0 Å². The average molecular weight is 422 g/mol. The van der Waals surface area contributed by atoms with Crippen molar-refractivity contribution in [3.63, 3.8) is 0 Å². The third-order valence-electron chi connectivity index (χ3n) is 5.56. The molecule has 1 aliphatic rings. The third-order valence-corrected chi connectivity index (χ3v) is 6.46. The van der Waals surface area contributed by atoms with Crippen LogP contribution in [0.25, 0.3) is 21.3 Å². The average Bonchev–Trinajstić information content (AvgIpc) is 3.38. The highest BCUT2D eigenvalue weighted by molar-refractivity contribution is 7.17. The number of hydrogen-bond acceptors (Lipinski definition) is 5. The molecule has 0 saturated carbocycles. The number of H-pyrrole nitrogens is 1. The van der Waals surface area contributed by atoms with Gasteiger partial charge in [-0.05, 0) is 54.5 Å². The summed E-state index contributed by atoms with van der Waals surface area (Å²) in [5.41, 5.74) is 3.46. The minimum absolute atomic E-state index is 0.142. The van der Waals surface area contributed by atoms with Crippen LogP contribution in [0, 0.1) is 0 Å². The largest absolute Gasteiger partial charge is 0.475 e. The fourth-order valence-electron chi connectivity index (χ4n) is 4.04. The second kappa shape index (κ2) is 7.14. The van der Waals surface area contributed by atoms with E-state index in [0.29, 0.717) is 10.2 Å². The normalized spacial score (nSPS) is 13.5. The summed E-state index contributed by atoms with van der Waals surface area (Å²) in [7, 11) is 0. The number of rotatable bonds is 4. The van der Waals surface area contributed by atoms with E-state index < -0.39 is 17.2 Å². The lowest BCUT2D eigenvalue weighted by molar-refractivity contribution is 0.0660. The molecule has 30 heavy (non-hydrogen) atoms. The monoisotopic (exact) mass is 422 g/mol. The predicted molar refractivity (Wildman–Crippen MR) is 114 cm³/mol. The molecule has 5 rings (SSSR count). The number of nitrogens with one attached hydrogen (secondary N) is 1. The molecule has 3 heterocycles. The molecule has 1 aliphatic carbocycles. The molecular weight excluding hydrogens is 404 g/mol. The minimum Gasteiger partial charge on any atom is -0.475 e. The number of aromatic carboxylic acids is 1. The third kappa shape index (κ3) is 3.09. The molecule has 0 aliphatic heterocycles. The highest BCUT2D eigenvalue weighted by Crippen LogP contribution is 2.33. The van der Waals surface area contributed by atoms with Gasteiger partial charge in [-0.2, -0.15) is 0 Å². The molecule has 0 fully saturated rings. The Morgan fingerprint density at radius 1 is 1.13 bits per heavy atom. The van der Waals surface area contributed by atoms with Crippen molar-refractivity contribution in [2.24, 2.45) is 0 Å². The highest BCUT2D eigenvalue weighted by atomic mass is 32.1. The van der Waals surface area contributed by atoms with E-state index in [1.807, 2.05) is 11.4 Å². The first-order valence-electron chi connectivity index (χ1n) is 9.70. The van der Waals surface area contributed by atoms with Gasteiger partial charge in [-0.15, -0.1) is 11.3 Å². The van der Waals surface area contributed by atoms with Gasteiger partial charge in [0.2, 0.25) is 5.76 Å². The molecule has 0 unspecified atom stereocenters. The number of aromatic amines is 1. The Balaban J connectivity index is 1.62. The van der Waals surface area contributed by atoms with Gasteiger partial charge < -0.3 is 9.52 Å².